The van der Waals surface area contributed by atoms with Crippen LogP contribution in [-0.2, 0) is 10.2 Å². The predicted molar refractivity (Wildman–Crippen MR) is 73.5 cm³/mol. The van der Waals surface area contributed by atoms with Crippen molar-refractivity contribution in [2.45, 2.75) is 45.1 Å². The number of hydrogen-bond donors (Lipinski definition) is 1. The molecule has 2 rings (SSSR count). The topological polar surface area (TPSA) is 35.2 Å². The highest BCUT2D eigenvalue weighted by atomic mass is 32.1. The van der Waals surface area contributed by atoms with Gasteiger partial charge in [-0.05, 0) is 30.4 Å². The summed E-state index contributed by atoms with van der Waals surface area (Å²) in [5.41, 5.74) is 6.58. The Morgan fingerprint density at radius 3 is 2.71 bits per heavy atom. The Labute approximate surface area is 108 Å². The molecular formula is C14H23NOS. The minimum absolute atomic E-state index is 0.149. The van der Waals surface area contributed by atoms with Gasteiger partial charge in [-0.25, -0.2) is 0 Å². The first-order chi connectivity index (χ1) is 7.98. The van der Waals surface area contributed by atoms with Crippen LogP contribution >= 0.6 is 11.3 Å². The number of ether oxygens (including phenoxy) is 1. The summed E-state index contributed by atoms with van der Waals surface area (Å²) in [4.78, 5) is 2.73. The van der Waals surface area contributed by atoms with Crippen LogP contribution in [-0.4, -0.2) is 13.2 Å². The fourth-order valence-electron chi connectivity index (χ4n) is 2.22. The van der Waals surface area contributed by atoms with Crippen LogP contribution < -0.4 is 5.73 Å². The maximum Gasteiger partial charge on any atom is 0.0512 e. The highest BCUT2D eigenvalue weighted by Gasteiger charge is 2.25. The molecule has 1 fully saturated rings. The van der Waals surface area contributed by atoms with Crippen LogP contribution in [0.3, 0.4) is 0 Å². The molecule has 1 aliphatic heterocycles. The largest absolute Gasteiger partial charge is 0.381 e. The summed E-state index contributed by atoms with van der Waals surface area (Å²) in [5.74, 6) is 0.496. The van der Waals surface area contributed by atoms with Gasteiger partial charge in [0.05, 0.1) is 6.61 Å². The number of nitrogens with two attached hydrogens (primary N) is 1. The van der Waals surface area contributed by atoms with E-state index in [9.17, 15) is 0 Å². The molecule has 0 spiro atoms. The quantitative estimate of drug-likeness (QED) is 0.876. The molecule has 3 heteroatoms. The van der Waals surface area contributed by atoms with Gasteiger partial charge >= 0.3 is 0 Å². The Kier molecular flexibility index (Phi) is 3.91. The van der Waals surface area contributed by atoms with Gasteiger partial charge in [0, 0.05) is 28.3 Å². The van der Waals surface area contributed by atoms with Crippen LogP contribution in [0.1, 0.15) is 49.4 Å². The zero-order chi connectivity index (χ0) is 12.5. The molecule has 0 amide bonds. The highest BCUT2D eigenvalue weighted by molar-refractivity contribution is 7.12. The molecule has 0 aliphatic carbocycles. The van der Waals surface area contributed by atoms with Crippen molar-refractivity contribution in [2.75, 3.05) is 13.2 Å². The van der Waals surface area contributed by atoms with Crippen molar-refractivity contribution in [3.05, 3.63) is 21.9 Å². The van der Waals surface area contributed by atoms with Crippen molar-refractivity contribution in [1.29, 1.82) is 0 Å². The molecule has 2 unspecified atom stereocenters. The SMILES string of the molecule is CC(C)(C)c1ccc(C(N)C2CCCOC2)s1. The lowest BCUT2D eigenvalue weighted by Crippen LogP contribution is -2.28. The van der Waals surface area contributed by atoms with Gasteiger partial charge in [-0.15, -0.1) is 11.3 Å². The van der Waals surface area contributed by atoms with E-state index in [0.29, 0.717) is 5.92 Å². The second-order valence-electron chi connectivity index (χ2n) is 5.96. The van der Waals surface area contributed by atoms with Crippen molar-refractivity contribution < 1.29 is 4.74 Å². The van der Waals surface area contributed by atoms with E-state index in [4.69, 9.17) is 10.5 Å². The molecule has 1 aromatic rings. The first kappa shape index (κ1) is 13.1. The summed E-state index contributed by atoms with van der Waals surface area (Å²) in [7, 11) is 0. The smallest absolute Gasteiger partial charge is 0.0512 e. The molecule has 0 radical (unpaired) electrons. The number of hydrogen-bond acceptors (Lipinski definition) is 3. The standard InChI is InChI=1S/C14H23NOS/c1-14(2,3)12-7-6-11(17-12)13(15)10-5-4-8-16-9-10/h6-7,10,13H,4-5,8-9,15H2,1-3H3. The van der Waals surface area contributed by atoms with Crippen molar-refractivity contribution >= 4 is 11.3 Å². The Morgan fingerprint density at radius 1 is 1.41 bits per heavy atom. The van der Waals surface area contributed by atoms with Gasteiger partial charge < -0.3 is 10.5 Å². The van der Waals surface area contributed by atoms with Gasteiger partial charge in [0.25, 0.3) is 0 Å². The molecule has 17 heavy (non-hydrogen) atoms. The maximum absolute atomic E-state index is 6.36. The van der Waals surface area contributed by atoms with Crippen molar-refractivity contribution in [3.63, 3.8) is 0 Å². The van der Waals surface area contributed by atoms with Crippen LogP contribution in [0.25, 0.3) is 0 Å². The number of thiophene rings is 1. The first-order valence-corrected chi connectivity index (χ1v) is 7.23. The Balaban J connectivity index is 2.08. The van der Waals surface area contributed by atoms with Crippen molar-refractivity contribution in [2.24, 2.45) is 11.7 Å². The minimum Gasteiger partial charge on any atom is -0.381 e. The summed E-state index contributed by atoms with van der Waals surface area (Å²) in [6.07, 6.45) is 2.35. The van der Waals surface area contributed by atoms with E-state index in [2.05, 4.69) is 32.9 Å². The Morgan fingerprint density at radius 2 is 2.18 bits per heavy atom. The van der Waals surface area contributed by atoms with E-state index >= 15 is 0 Å². The lowest BCUT2D eigenvalue weighted by atomic mass is 9.93. The zero-order valence-electron chi connectivity index (χ0n) is 11.0. The normalized spacial score (nSPS) is 23.6. The van der Waals surface area contributed by atoms with Crippen LogP contribution in [0.15, 0.2) is 12.1 Å². The van der Waals surface area contributed by atoms with E-state index in [-0.39, 0.29) is 11.5 Å². The molecule has 2 N–H and O–H groups in total. The fraction of sp³-hybridized carbons (Fsp3) is 0.714. The summed E-state index contributed by atoms with van der Waals surface area (Å²) in [5, 5.41) is 0. The van der Waals surface area contributed by atoms with Crippen molar-refractivity contribution in [3.8, 4) is 0 Å². The second kappa shape index (κ2) is 5.09. The van der Waals surface area contributed by atoms with Crippen LogP contribution in [0.5, 0.6) is 0 Å². The second-order valence-corrected chi connectivity index (χ2v) is 7.07. The molecule has 0 saturated carbocycles. The van der Waals surface area contributed by atoms with Gasteiger partial charge in [0.1, 0.15) is 0 Å². The van der Waals surface area contributed by atoms with Crippen LogP contribution in [0.2, 0.25) is 0 Å². The molecule has 96 valence electrons. The fourth-order valence-corrected chi connectivity index (χ4v) is 3.38. The predicted octanol–water partition coefficient (Wildman–Crippen LogP) is 3.47. The third-order valence-corrected chi connectivity index (χ3v) is 5.01. The zero-order valence-corrected chi connectivity index (χ0v) is 11.8. The minimum atomic E-state index is 0.149. The summed E-state index contributed by atoms with van der Waals surface area (Å²) < 4.78 is 5.52. The third kappa shape index (κ3) is 3.09. The molecule has 2 nitrogen and oxygen atoms in total. The molecule has 1 saturated heterocycles. The van der Waals surface area contributed by atoms with E-state index < -0.39 is 0 Å². The maximum atomic E-state index is 6.36. The van der Waals surface area contributed by atoms with E-state index in [1.165, 1.54) is 16.2 Å². The first-order valence-electron chi connectivity index (χ1n) is 6.42. The van der Waals surface area contributed by atoms with Gasteiger partial charge in [0.15, 0.2) is 0 Å². The summed E-state index contributed by atoms with van der Waals surface area (Å²) in [6.45, 7) is 8.47. The molecular weight excluding hydrogens is 230 g/mol. The molecule has 2 atom stereocenters. The van der Waals surface area contributed by atoms with E-state index in [0.717, 1.165) is 19.6 Å². The number of rotatable bonds is 2. The lowest BCUT2D eigenvalue weighted by Gasteiger charge is -2.27. The third-order valence-electron chi connectivity index (χ3n) is 3.40. The Bertz CT molecular complexity index is 361. The van der Waals surface area contributed by atoms with Gasteiger partial charge in [0.2, 0.25) is 0 Å². The lowest BCUT2D eigenvalue weighted by molar-refractivity contribution is 0.0452. The van der Waals surface area contributed by atoms with E-state index in [1.807, 2.05) is 11.3 Å². The molecule has 0 bridgehead atoms. The average Bonchev–Trinajstić information content (AvgIpc) is 2.78. The van der Waals surface area contributed by atoms with Gasteiger partial charge in [-0.3, -0.25) is 0 Å². The summed E-state index contributed by atoms with van der Waals surface area (Å²) >= 11 is 1.86. The van der Waals surface area contributed by atoms with Crippen LogP contribution in [0, 0.1) is 5.92 Å². The molecule has 1 aliphatic rings. The molecule has 0 aromatic carbocycles. The van der Waals surface area contributed by atoms with Crippen molar-refractivity contribution in [1.82, 2.24) is 0 Å². The molecule has 1 aromatic heterocycles. The average molecular weight is 253 g/mol. The summed E-state index contributed by atoms with van der Waals surface area (Å²) in [6, 6.07) is 4.57. The van der Waals surface area contributed by atoms with Crippen LogP contribution in [0.4, 0.5) is 0 Å². The van der Waals surface area contributed by atoms with E-state index in [1.54, 1.807) is 0 Å². The Hall–Kier alpha value is -0.380. The van der Waals surface area contributed by atoms with Gasteiger partial charge in [-0.2, -0.15) is 0 Å². The highest BCUT2D eigenvalue weighted by Crippen LogP contribution is 2.35. The monoisotopic (exact) mass is 253 g/mol. The molecule has 2 heterocycles. The van der Waals surface area contributed by atoms with Gasteiger partial charge in [-0.1, -0.05) is 20.8 Å².